The van der Waals surface area contributed by atoms with Gasteiger partial charge in [0.1, 0.15) is 0 Å². The third kappa shape index (κ3) is 3.55. The normalized spacial score (nSPS) is 20.8. The molecule has 2 aromatic rings. The van der Waals surface area contributed by atoms with E-state index in [0.29, 0.717) is 18.6 Å². The van der Waals surface area contributed by atoms with Gasteiger partial charge in [0.2, 0.25) is 0 Å². The third-order valence-corrected chi connectivity index (χ3v) is 6.03. The van der Waals surface area contributed by atoms with Crippen molar-refractivity contribution in [3.63, 3.8) is 0 Å². The molecule has 0 fully saturated rings. The van der Waals surface area contributed by atoms with E-state index < -0.39 is 5.92 Å². The molecule has 0 aromatic heterocycles. The maximum Gasteiger partial charge on any atom is 0.336 e. The fourth-order valence-corrected chi connectivity index (χ4v) is 4.79. The lowest BCUT2D eigenvalue weighted by molar-refractivity contribution is -0.139. The molecule has 1 atom stereocenters. The maximum absolute atomic E-state index is 13.4. The zero-order valence-corrected chi connectivity index (χ0v) is 18.2. The Kier molecular flexibility index (Phi) is 5.27. The van der Waals surface area contributed by atoms with Crippen molar-refractivity contribution in [2.45, 2.75) is 52.9 Å². The molecule has 4 heteroatoms. The number of benzene rings is 2. The van der Waals surface area contributed by atoms with E-state index >= 15 is 0 Å². The lowest BCUT2D eigenvalue weighted by Gasteiger charge is -2.39. The van der Waals surface area contributed by atoms with E-state index in [2.05, 4.69) is 37.4 Å². The number of hydrogen-bond acceptors (Lipinski definition) is 4. The molecule has 156 valence electrons. The van der Waals surface area contributed by atoms with Crippen LogP contribution >= 0.6 is 0 Å². The first kappa shape index (κ1) is 20.4. The zero-order valence-electron chi connectivity index (χ0n) is 18.2. The van der Waals surface area contributed by atoms with Crippen LogP contribution in [-0.4, -0.2) is 18.4 Å². The number of carbonyl (C=O) groups excluding carboxylic acids is 2. The number of carbonyl (C=O) groups is 2. The number of nitrogens with one attached hydrogen (secondary N) is 1. The van der Waals surface area contributed by atoms with E-state index in [1.165, 1.54) is 0 Å². The van der Waals surface area contributed by atoms with Gasteiger partial charge in [-0.2, -0.15) is 0 Å². The van der Waals surface area contributed by atoms with Crippen molar-refractivity contribution in [1.82, 2.24) is 5.32 Å². The molecule has 1 aliphatic carbocycles. The molecule has 1 N–H and O–H groups in total. The van der Waals surface area contributed by atoms with E-state index in [4.69, 9.17) is 4.74 Å². The van der Waals surface area contributed by atoms with E-state index in [0.717, 1.165) is 46.1 Å². The second-order valence-electron chi connectivity index (χ2n) is 9.13. The van der Waals surface area contributed by atoms with Crippen molar-refractivity contribution in [3.8, 4) is 0 Å². The molecule has 4 nitrogen and oxygen atoms in total. The minimum absolute atomic E-state index is 0.104. The molecule has 0 spiro atoms. The van der Waals surface area contributed by atoms with Gasteiger partial charge in [0.05, 0.1) is 12.2 Å². The van der Waals surface area contributed by atoms with Gasteiger partial charge in [0.25, 0.3) is 0 Å². The molecule has 0 saturated heterocycles. The molecule has 0 amide bonds. The highest BCUT2D eigenvalue weighted by atomic mass is 16.5. The molecule has 0 radical (unpaired) electrons. The first-order valence-electron chi connectivity index (χ1n) is 10.7. The van der Waals surface area contributed by atoms with Crippen LogP contribution in [0.2, 0.25) is 0 Å². The number of dihydropyridines is 1. The summed E-state index contributed by atoms with van der Waals surface area (Å²) in [6, 6.07) is 14.2. The summed E-state index contributed by atoms with van der Waals surface area (Å²) >= 11 is 0. The Morgan fingerprint density at radius 2 is 1.87 bits per heavy atom. The molecule has 0 unspecified atom stereocenters. The summed E-state index contributed by atoms with van der Waals surface area (Å²) in [6.07, 6.45) is 2.01. The van der Waals surface area contributed by atoms with Crippen LogP contribution in [0.3, 0.4) is 0 Å². The van der Waals surface area contributed by atoms with Crippen LogP contribution in [0.1, 0.15) is 58.4 Å². The van der Waals surface area contributed by atoms with Crippen LogP contribution in [-0.2, 0) is 14.3 Å². The molecule has 2 aliphatic rings. The van der Waals surface area contributed by atoms with Crippen LogP contribution in [0, 0.1) is 5.41 Å². The number of allylic oxidation sites excluding steroid dienone is 3. The number of fused-ring (bicyclic) bond motifs is 1. The molecular weight excluding hydrogens is 374 g/mol. The van der Waals surface area contributed by atoms with Gasteiger partial charge in [-0.25, -0.2) is 4.79 Å². The summed E-state index contributed by atoms with van der Waals surface area (Å²) in [7, 11) is 0. The van der Waals surface area contributed by atoms with E-state index in [1.54, 1.807) is 0 Å². The monoisotopic (exact) mass is 403 g/mol. The number of hydrogen-bond donors (Lipinski definition) is 1. The second kappa shape index (κ2) is 7.75. The largest absolute Gasteiger partial charge is 0.462 e. The number of ether oxygens (including phenoxy) is 1. The summed E-state index contributed by atoms with van der Waals surface area (Å²) in [5.74, 6) is -0.649. The molecule has 0 bridgehead atoms. The molecule has 1 aliphatic heterocycles. The van der Waals surface area contributed by atoms with Crippen LogP contribution in [0.15, 0.2) is 65.0 Å². The van der Waals surface area contributed by atoms with Gasteiger partial charge in [0.15, 0.2) is 5.78 Å². The van der Waals surface area contributed by atoms with E-state index in [9.17, 15) is 9.59 Å². The van der Waals surface area contributed by atoms with Crippen LogP contribution in [0.5, 0.6) is 0 Å². The summed E-state index contributed by atoms with van der Waals surface area (Å²) in [4.78, 5) is 26.5. The smallest absolute Gasteiger partial charge is 0.336 e. The Bertz CT molecular complexity index is 1090. The number of Topliss-reactive ketones (excluding diaryl/α,β-unsaturated/α-hetero) is 1. The first-order chi connectivity index (χ1) is 14.3. The Balaban J connectivity index is 1.94. The molecule has 2 aromatic carbocycles. The van der Waals surface area contributed by atoms with Gasteiger partial charge in [-0.05, 0) is 41.5 Å². The SMILES string of the molecule is CCCOC(=O)C1=C(C)NC2=C(C(=O)CC(C)(C)C2)[C@H]1c1cccc2ccccc12. The lowest BCUT2D eigenvalue weighted by Crippen LogP contribution is -2.38. The fourth-order valence-electron chi connectivity index (χ4n) is 4.79. The first-order valence-corrected chi connectivity index (χ1v) is 10.7. The van der Waals surface area contributed by atoms with Gasteiger partial charge >= 0.3 is 5.97 Å². The minimum atomic E-state index is -0.416. The molecular formula is C26H29NO3. The van der Waals surface area contributed by atoms with Gasteiger partial charge in [-0.15, -0.1) is 0 Å². The molecule has 30 heavy (non-hydrogen) atoms. The second-order valence-corrected chi connectivity index (χ2v) is 9.13. The predicted molar refractivity (Wildman–Crippen MR) is 119 cm³/mol. The quantitative estimate of drug-likeness (QED) is 0.695. The zero-order chi connectivity index (χ0) is 21.5. The Morgan fingerprint density at radius 1 is 1.13 bits per heavy atom. The Labute approximate surface area is 178 Å². The van der Waals surface area contributed by atoms with Crippen molar-refractivity contribution in [3.05, 3.63) is 70.6 Å². The van der Waals surface area contributed by atoms with Crippen LogP contribution < -0.4 is 5.32 Å². The summed E-state index contributed by atoms with van der Waals surface area (Å²) < 4.78 is 5.55. The van der Waals surface area contributed by atoms with Gasteiger partial charge in [-0.1, -0.05) is 63.2 Å². The van der Waals surface area contributed by atoms with Crippen LogP contribution in [0.25, 0.3) is 10.8 Å². The number of esters is 1. The predicted octanol–water partition coefficient (Wildman–Crippen LogP) is 5.40. The fraction of sp³-hybridized carbons (Fsp3) is 0.385. The minimum Gasteiger partial charge on any atom is -0.462 e. The molecule has 0 saturated carbocycles. The summed E-state index contributed by atoms with van der Waals surface area (Å²) in [6.45, 7) is 8.49. The number of rotatable bonds is 4. The van der Waals surface area contributed by atoms with Crippen molar-refractivity contribution in [1.29, 1.82) is 0 Å². The van der Waals surface area contributed by atoms with Gasteiger partial charge in [0, 0.05) is 29.3 Å². The maximum atomic E-state index is 13.4. The highest BCUT2D eigenvalue weighted by Crippen LogP contribution is 2.48. The van der Waals surface area contributed by atoms with E-state index in [1.807, 2.05) is 38.1 Å². The average molecular weight is 404 g/mol. The Hall–Kier alpha value is -2.88. The van der Waals surface area contributed by atoms with E-state index in [-0.39, 0.29) is 17.2 Å². The topological polar surface area (TPSA) is 55.4 Å². The van der Waals surface area contributed by atoms with Crippen LogP contribution in [0.4, 0.5) is 0 Å². The number of ketones is 1. The summed E-state index contributed by atoms with van der Waals surface area (Å²) in [5.41, 5.74) is 3.87. The molecule has 4 rings (SSSR count). The Morgan fingerprint density at radius 3 is 2.63 bits per heavy atom. The highest BCUT2D eigenvalue weighted by molar-refractivity contribution is 6.05. The van der Waals surface area contributed by atoms with Crippen molar-refractivity contribution in [2.24, 2.45) is 5.41 Å². The standard InChI is InChI=1S/C26H29NO3/c1-5-13-30-25(29)22-16(2)27-20-14-26(3,4)15-21(28)24(20)23(22)19-12-8-10-17-9-6-7-11-18(17)19/h6-12,23,27H,5,13-15H2,1-4H3/t23-/m0/s1. The van der Waals surface area contributed by atoms with Crippen molar-refractivity contribution in [2.75, 3.05) is 6.61 Å². The van der Waals surface area contributed by atoms with Gasteiger partial charge in [-0.3, -0.25) is 4.79 Å². The van der Waals surface area contributed by atoms with Gasteiger partial charge < -0.3 is 10.1 Å². The third-order valence-electron chi connectivity index (χ3n) is 6.03. The highest BCUT2D eigenvalue weighted by Gasteiger charge is 2.43. The summed E-state index contributed by atoms with van der Waals surface area (Å²) in [5, 5.41) is 5.55. The van der Waals surface area contributed by atoms with Crippen molar-refractivity contribution < 1.29 is 14.3 Å². The van der Waals surface area contributed by atoms with Crippen molar-refractivity contribution >= 4 is 22.5 Å². The lowest BCUT2D eigenvalue weighted by atomic mass is 9.68. The molecule has 1 heterocycles. The average Bonchev–Trinajstić information content (AvgIpc) is 2.69.